The molecular formula is C31H28N4O9S2. The van der Waals surface area contributed by atoms with E-state index in [2.05, 4.69) is 20.0 Å². The number of thioether (sulfide) groups is 1. The Morgan fingerprint density at radius 1 is 0.935 bits per heavy atom. The normalized spacial score (nSPS) is 11.8. The highest BCUT2D eigenvalue weighted by atomic mass is 32.2. The summed E-state index contributed by atoms with van der Waals surface area (Å²) in [5.41, 5.74) is 1.85. The summed E-state index contributed by atoms with van der Waals surface area (Å²) >= 11 is 1.09. The zero-order valence-corrected chi connectivity index (χ0v) is 25.8. The molecule has 1 atom stereocenters. The molecule has 0 bridgehead atoms. The van der Waals surface area contributed by atoms with E-state index in [1.165, 1.54) is 24.3 Å². The summed E-state index contributed by atoms with van der Waals surface area (Å²) < 4.78 is 27.6. The standard InChI is InChI=1S/C31H28N4O9S2/c1-18-2-6-20(7-3-18)29-32-13-12-27(35-29)45-17-26(37)24(15-28(38)39)34-30(40)21-8-4-19(5-9-21)16-33-46(43,44)22-10-11-25(36)23(14-22)31(41)42/h2-14,24,33,36H,15-17H2,1H3,(H,34,40)(H,38,39)(H,41,42). The minimum atomic E-state index is -4.15. The Morgan fingerprint density at radius 3 is 2.28 bits per heavy atom. The van der Waals surface area contributed by atoms with Gasteiger partial charge in [-0.3, -0.25) is 14.4 Å². The van der Waals surface area contributed by atoms with Crippen LogP contribution in [-0.2, 0) is 26.2 Å². The molecule has 3 aromatic carbocycles. The lowest BCUT2D eigenvalue weighted by molar-refractivity contribution is -0.139. The first-order valence-corrected chi connectivity index (χ1v) is 16.0. The average molecular weight is 665 g/mol. The quantitative estimate of drug-likeness (QED) is 0.0971. The number of amides is 1. The molecular weight excluding hydrogens is 636 g/mol. The Bertz CT molecular complexity index is 1880. The van der Waals surface area contributed by atoms with E-state index in [-0.39, 0.29) is 22.8 Å². The lowest BCUT2D eigenvalue weighted by Gasteiger charge is -2.16. The summed E-state index contributed by atoms with van der Waals surface area (Å²) in [6.07, 6.45) is 0.924. The van der Waals surface area contributed by atoms with Crippen LogP contribution in [0.25, 0.3) is 11.4 Å². The molecule has 0 aliphatic heterocycles. The van der Waals surface area contributed by atoms with E-state index in [0.717, 1.165) is 41.1 Å². The molecule has 15 heteroatoms. The van der Waals surface area contributed by atoms with Gasteiger partial charge in [-0.2, -0.15) is 0 Å². The van der Waals surface area contributed by atoms with Crippen LogP contribution in [-0.4, -0.2) is 69.1 Å². The molecule has 0 radical (unpaired) electrons. The van der Waals surface area contributed by atoms with Crippen molar-refractivity contribution in [2.45, 2.75) is 35.9 Å². The summed E-state index contributed by atoms with van der Waals surface area (Å²) in [7, 11) is -4.15. The molecule has 4 rings (SSSR count). The summed E-state index contributed by atoms with van der Waals surface area (Å²) in [6, 6.07) is 16.5. The van der Waals surface area contributed by atoms with Crippen LogP contribution in [0.2, 0.25) is 0 Å². The third kappa shape index (κ3) is 8.97. The number of hydrogen-bond donors (Lipinski definition) is 5. The highest BCUT2D eigenvalue weighted by Gasteiger charge is 2.25. The number of carboxylic acid groups (broad SMARTS) is 2. The fourth-order valence-corrected chi connectivity index (χ4v) is 5.90. The van der Waals surface area contributed by atoms with Gasteiger partial charge >= 0.3 is 11.9 Å². The third-order valence-corrected chi connectivity index (χ3v) is 8.92. The van der Waals surface area contributed by atoms with Gasteiger partial charge in [0.2, 0.25) is 10.0 Å². The maximum absolute atomic E-state index is 13.0. The molecule has 0 saturated carbocycles. The van der Waals surface area contributed by atoms with Crippen LogP contribution in [0.4, 0.5) is 0 Å². The van der Waals surface area contributed by atoms with Gasteiger partial charge < -0.3 is 20.6 Å². The maximum Gasteiger partial charge on any atom is 0.339 e. The van der Waals surface area contributed by atoms with Crippen molar-refractivity contribution in [3.63, 3.8) is 0 Å². The van der Waals surface area contributed by atoms with Gasteiger partial charge in [0.25, 0.3) is 5.91 Å². The van der Waals surface area contributed by atoms with Crippen molar-refractivity contribution in [1.29, 1.82) is 0 Å². The molecule has 0 fully saturated rings. The van der Waals surface area contributed by atoms with Crippen molar-refractivity contribution in [3.05, 3.63) is 101 Å². The van der Waals surface area contributed by atoms with Gasteiger partial charge in [0.15, 0.2) is 11.6 Å². The molecule has 0 spiro atoms. The summed E-state index contributed by atoms with van der Waals surface area (Å²) in [5, 5.41) is 31.1. The van der Waals surface area contributed by atoms with Crippen LogP contribution in [0, 0.1) is 6.92 Å². The zero-order chi connectivity index (χ0) is 33.4. The van der Waals surface area contributed by atoms with Crippen LogP contribution in [0.3, 0.4) is 0 Å². The molecule has 46 heavy (non-hydrogen) atoms. The van der Waals surface area contributed by atoms with Crippen molar-refractivity contribution < 1.29 is 42.9 Å². The van der Waals surface area contributed by atoms with Crippen LogP contribution in [0.1, 0.15) is 38.3 Å². The third-order valence-electron chi connectivity index (χ3n) is 6.57. The number of rotatable bonds is 14. The monoisotopic (exact) mass is 664 g/mol. The van der Waals surface area contributed by atoms with Gasteiger partial charge in [0.05, 0.1) is 23.1 Å². The number of carboxylic acids is 2. The number of aromatic hydroxyl groups is 1. The Morgan fingerprint density at radius 2 is 1.63 bits per heavy atom. The van der Waals surface area contributed by atoms with Crippen molar-refractivity contribution in [3.8, 4) is 17.1 Å². The first-order chi connectivity index (χ1) is 21.8. The van der Waals surface area contributed by atoms with Crippen LogP contribution >= 0.6 is 11.8 Å². The summed E-state index contributed by atoms with van der Waals surface area (Å²) in [5.74, 6) is -4.27. The number of nitrogens with one attached hydrogen (secondary N) is 2. The van der Waals surface area contributed by atoms with Crippen LogP contribution in [0.15, 0.2) is 88.9 Å². The minimum absolute atomic E-state index is 0.102. The highest BCUT2D eigenvalue weighted by Crippen LogP contribution is 2.23. The Kier molecular flexibility index (Phi) is 10.8. The first-order valence-electron chi connectivity index (χ1n) is 13.6. The maximum atomic E-state index is 13.0. The lowest BCUT2D eigenvalue weighted by atomic mass is 10.1. The second kappa shape index (κ2) is 14.8. The van der Waals surface area contributed by atoms with Gasteiger partial charge in [-0.05, 0) is 48.9 Å². The van der Waals surface area contributed by atoms with E-state index in [0.29, 0.717) is 16.4 Å². The van der Waals surface area contributed by atoms with E-state index in [4.69, 9.17) is 5.11 Å². The number of Topliss-reactive ketones (excluding diaryl/α,β-unsaturated/α-hetero) is 1. The summed E-state index contributed by atoms with van der Waals surface area (Å²) in [6.45, 7) is 1.75. The second-order valence-corrected chi connectivity index (χ2v) is 12.7. The van der Waals surface area contributed by atoms with Crippen LogP contribution < -0.4 is 10.0 Å². The molecule has 1 amide bonds. The number of aromatic nitrogens is 2. The SMILES string of the molecule is Cc1ccc(-c2nccc(SCC(=O)C(CC(=O)O)NC(=O)c3ccc(CNS(=O)(=O)c4ccc(O)c(C(=O)O)c4)cc3)n2)cc1. The Balaban J connectivity index is 1.36. The number of hydrogen-bond acceptors (Lipinski definition) is 10. The Labute approximate surface area is 267 Å². The largest absolute Gasteiger partial charge is 0.507 e. The number of aliphatic carboxylic acids is 1. The van der Waals surface area contributed by atoms with Gasteiger partial charge in [-0.25, -0.2) is 27.9 Å². The van der Waals surface area contributed by atoms with E-state index >= 15 is 0 Å². The second-order valence-electron chi connectivity index (χ2n) is 9.97. The molecule has 4 aromatic rings. The lowest BCUT2D eigenvalue weighted by Crippen LogP contribution is -2.43. The van der Waals surface area contributed by atoms with Crippen molar-refractivity contribution in [1.82, 2.24) is 20.0 Å². The smallest absolute Gasteiger partial charge is 0.339 e. The van der Waals surface area contributed by atoms with E-state index in [1.54, 1.807) is 12.3 Å². The number of sulfonamides is 1. The molecule has 1 aromatic heterocycles. The molecule has 238 valence electrons. The number of aromatic carboxylic acids is 1. The van der Waals surface area contributed by atoms with E-state index < -0.39 is 57.4 Å². The topological polar surface area (TPSA) is 213 Å². The van der Waals surface area contributed by atoms with Crippen molar-refractivity contribution in [2.24, 2.45) is 0 Å². The molecule has 13 nitrogen and oxygen atoms in total. The molecule has 0 saturated heterocycles. The molecule has 0 aliphatic rings. The molecule has 5 N–H and O–H groups in total. The number of carbonyl (C=O) groups is 4. The zero-order valence-electron chi connectivity index (χ0n) is 24.2. The Hall–Kier alpha value is -5.12. The number of benzene rings is 3. The number of phenols is 1. The predicted octanol–water partition coefficient (Wildman–Crippen LogP) is 3.27. The van der Waals surface area contributed by atoms with Gasteiger partial charge in [-0.1, -0.05) is 53.7 Å². The van der Waals surface area contributed by atoms with Crippen molar-refractivity contribution in [2.75, 3.05) is 5.75 Å². The van der Waals surface area contributed by atoms with Crippen LogP contribution in [0.5, 0.6) is 5.75 Å². The first kappa shape index (κ1) is 33.8. The minimum Gasteiger partial charge on any atom is -0.507 e. The average Bonchev–Trinajstić information content (AvgIpc) is 3.03. The predicted molar refractivity (Wildman–Crippen MR) is 167 cm³/mol. The van der Waals surface area contributed by atoms with E-state index in [1.807, 2.05) is 31.2 Å². The van der Waals surface area contributed by atoms with Gasteiger partial charge in [0, 0.05) is 23.9 Å². The molecule has 0 aliphatic carbocycles. The highest BCUT2D eigenvalue weighted by molar-refractivity contribution is 7.99. The fraction of sp³-hybridized carbons (Fsp3) is 0.161. The summed E-state index contributed by atoms with van der Waals surface area (Å²) in [4.78, 5) is 56.9. The molecule has 1 unspecified atom stereocenters. The fourth-order valence-electron chi connectivity index (χ4n) is 4.06. The number of ketones is 1. The van der Waals surface area contributed by atoms with E-state index in [9.17, 15) is 37.8 Å². The van der Waals surface area contributed by atoms with Gasteiger partial charge in [-0.15, -0.1) is 0 Å². The number of nitrogens with zero attached hydrogens (tertiary/aromatic N) is 2. The number of carbonyl (C=O) groups excluding carboxylic acids is 2. The molecule has 1 heterocycles. The van der Waals surface area contributed by atoms with Gasteiger partial charge in [0.1, 0.15) is 16.3 Å². The number of aryl methyl sites for hydroxylation is 1. The van der Waals surface area contributed by atoms with Crippen molar-refractivity contribution >= 4 is 45.4 Å².